The van der Waals surface area contributed by atoms with Gasteiger partial charge in [0, 0.05) is 32.3 Å². The van der Waals surface area contributed by atoms with Crippen LogP contribution in [0.3, 0.4) is 0 Å². The Morgan fingerprint density at radius 3 is 2.48 bits per heavy atom. The fraction of sp³-hybridized carbons (Fsp3) is 0.526. The number of likely N-dealkylation sites (N-methyl/N-ethyl adjacent to an activating group) is 1. The Bertz CT molecular complexity index is 788. The summed E-state index contributed by atoms with van der Waals surface area (Å²) >= 11 is 0. The predicted octanol–water partition coefficient (Wildman–Crippen LogP) is 1.48. The van der Waals surface area contributed by atoms with Gasteiger partial charge in [0.1, 0.15) is 5.75 Å². The van der Waals surface area contributed by atoms with Crippen LogP contribution < -0.4 is 4.74 Å². The number of carbonyl (C=O) groups excluding carboxylic acids is 3. The number of amides is 2. The Balaban J connectivity index is 2.00. The van der Waals surface area contributed by atoms with Crippen LogP contribution in [0.5, 0.6) is 5.75 Å². The van der Waals surface area contributed by atoms with Gasteiger partial charge in [0.15, 0.2) is 0 Å². The van der Waals surface area contributed by atoms with Crippen LogP contribution in [0.1, 0.15) is 30.1 Å². The Morgan fingerprint density at radius 2 is 1.93 bits per heavy atom. The molecule has 10 nitrogen and oxygen atoms in total. The number of nitro groups is 1. The third kappa shape index (κ3) is 5.43. The van der Waals surface area contributed by atoms with Crippen molar-refractivity contribution in [2.75, 3.05) is 40.4 Å². The third-order valence-corrected chi connectivity index (χ3v) is 4.81. The van der Waals surface area contributed by atoms with E-state index in [9.17, 15) is 24.5 Å². The monoisotopic (exact) mass is 407 g/mol. The second-order valence-corrected chi connectivity index (χ2v) is 6.71. The first-order valence-electron chi connectivity index (χ1n) is 9.30. The van der Waals surface area contributed by atoms with Crippen LogP contribution in [0.2, 0.25) is 0 Å². The van der Waals surface area contributed by atoms with Crippen molar-refractivity contribution in [2.24, 2.45) is 5.92 Å². The zero-order valence-electron chi connectivity index (χ0n) is 16.8. The lowest BCUT2D eigenvalue weighted by molar-refractivity contribution is -0.384. The minimum Gasteiger partial charge on any atom is -0.496 e. The molecule has 1 aliphatic rings. The van der Waals surface area contributed by atoms with Crippen LogP contribution in [-0.2, 0) is 14.3 Å². The molecule has 0 atom stereocenters. The van der Waals surface area contributed by atoms with E-state index >= 15 is 0 Å². The molecule has 0 spiro atoms. The minimum atomic E-state index is -0.602. The molecule has 0 aliphatic carbocycles. The van der Waals surface area contributed by atoms with E-state index in [-0.39, 0.29) is 41.3 Å². The van der Waals surface area contributed by atoms with E-state index < -0.39 is 10.8 Å². The van der Waals surface area contributed by atoms with Gasteiger partial charge in [0.2, 0.25) is 5.91 Å². The van der Waals surface area contributed by atoms with Crippen molar-refractivity contribution in [1.82, 2.24) is 9.80 Å². The molecule has 0 saturated carbocycles. The molecule has 0 N–H and O–H groups in total. The first kappa shape index (κ1) is 22.1. The molecule has 0 unspecified atom stereocenters. The van der Waals surface area contributed by atoms with Gasteiger partial charge >= 0.3 is 5.97 Å². The molecule has 10 heteroatoms. The number of nitro benzene ring substituents is 1. The molecule has 1 aromatic carbocycles. The Morgan fingerprint density at radius 1 is 1.28 bits per heavy atom. The van der Waals surface area contributed by atoms with E-state index in [0.29, 0.717) is 32.5 Å². The normalized spacial score (nSPS) is 14.2. The smallest absolute Gasteiger partial charge is 0.309 e. The van der Waals surface area contributed by atoms with Crippen molar-refractivity contribution < 1.29 is 28.8 Å². The molecular formula is C19H25N3O7. The Hall–Kier alpha value is -3.17. The number of ether oxygens (including phenoxy) is 2. The number of benzene rings is 1. The average Bonchev–Trinajstić information content (AvgIpc) is 2.72. The summed E-state index contributed by atoms with van der Waals surface area (Å²) in [6.07, 6.45) is 1.03. The second-order valence-electron chi connectivity index (χ2n) is 6.71. The highest BCUT2D eigenvalue weighted by Crippen LogP contribution is 2.25. The van der Waals surface area contributed by atoms with Crippen LogP contribution >= 0.6 is 0 Å². The number of likely N-dealkylation sites (tertiary alicyclic amines) is 1. The molecule has 1 fully saturated rings. The van der Waals surface area contributed by atoms with Crippen molar-refractivity contribution in [3.05, 3.63) is 33.9 Å². The largest absolute Gasteiger partial charge is 0.496 e. The summed E-state index contributed by atoms with van der Waals surface area (Å²) in [4.78, 5) is 50.3. The highest BCUT2D eigenvalue weighted by molar-refractivity contribution is 5.99. The predicted molar refractivity (Wildman–Crippen MR) is 103 cm³/mol. The van der Waals surface area contributed by atoms with E-state index in [2.05, 4.69) is 0 Å². The van der Waals surface area contributed by atoms with Gasteiger partial charge in [0.05, 0.1) is 36.7 Å². The maximum atomic E-state index is 12.7. The zero-order chi connectivity index (χ0) is 21.6. The molecule has 2 rings (SSSR count). The van der Waals surface area contributed by atoms with Gasteiger partial charge < -0.3 is 19.3 Å². The first-order chi connectivity index (χ1) is 13.8. The topological polar surface area (TPSA) is 119 Å². The fourth-order valence-corrected chi connectivity index (χ4v) is 3.18. The van der Waals surface area contributed by atoms with Crippen molar-refractivity contribution in [1.29, 1.82) is 0 Å². The summed E-state index contributed by atoms with van der Waals surface area (Å²) in [5, 5.41) is 11.0. The molecule has 0 radical (unpaired) electrons. The third-order valence-electron chi connectivity index (χ3n) is 4.81. The number of esters is 1. The van der Waals surface area contributed by atoms with Gasteiger partial charge in [-0.1, -0.05) is 0 Å². The molecule has 1 heterocycles. The van der Waals surface area contributed by atoms with E-state index in [4.69, 9.17) is 9.47 Å². The molecule has 1 saturated heterocycles. The first-order valence-corrected chi connectivity index (χ1v) is 9.30. The summed E-state index contributed by atoms with van der Waals surface area (Å²) in [6, 6.07) is 3.72. The van der Waals surface area contributed by atoms with Gasteiger partial charge in [0.25, 0.3) is 11.6 Å². The van der Waals surface area contributed by atoms with Crippen LogP contribution in [0, 0.1) is 16.0 Å². The lowest BCUT2D eigenvalue weighted by atomic mass is 9.97. The van der Waals surface area contributed by atoms with Gasteiger partial charge in [-0.25, -0.2) is 0 Å². The summed E-state index contributed by atoms with van der Waals surface area (Å²) in [7, 11) is 2.81. The fourth-order valence-electron chi connectivity index (χ4n) is 3.18. The molecule has 29 heavy (non-hydrogen) atoms. The lowest BCUT2D eigenvalue weighted by Crippen LogP contribution is -2.45. The molecule has 1 aromatic rings. The quantitative estimate of drug-likeness (QED) is 0.381. The van der Waals surface area contributed by atoms with Crippen molar-refractivity contribution in [3.8, 4) is 5.75 Å². The Kier molecular flexibility index (Phi) is 7.52. The van der Waals surface area contributed by atoms with Crippen molar-refractivity contribution >= 4 is 23.5 Å². The highest BCUT2D eigenvalue weighted by atomic mass is 16.6. The molecule has 0 aromatic heterocycles. The van der Waals surface area contributed by atoms with E-state index in [1.807, 2.05) is 0 Å². The van der Waals surface area contributed by atoms with Crippen LogP contribution in [0.4, 0.5) is 5.69 Å². The summed E-state index contributed by atoms with van der Waals surface area (Å²) in [5.74, 6) is -1.08. The van der Waals surface area contributed by atoms with Crippen molar-refractivity contribution in [2.45, 2.75) is 19.8 Å². The van der Waals surface area contributed by atoms with E-state index in [0.717, 1.165) is 6.07 Å². The molecular weight excluding hydrogens is 382 g/mol. The number of nitrogens with zero attached hydrogens (tertiary/aromatic N) is 3. The summed E-state index contributed by atoms with van der Waals surface area (Å²) < 4.78 is 10.1. The number of hydrogen-bond donors (Lipinski definition) is 0. The molecule has 2 amide bonds. The number of non-ortho nitro benzene ring substituents is 1. The molecule has 1 aliphatic heterocycles. The molecule has 0 bridgehead atoms. The Labute approximate surface area is 168 Å². The van der Waals surface area contributed by atoms with Crippen molar-refractivity contribution in [3.63, 3.8) is 0 Å². The summed E-state index contributed by atoms with van der Waals surface area (Å²) in [5.41, 5.74) is -0.229. The standard InChI is InChI=1S/C19H25N3O7/c1-4-29-19(25)13-7-9-21(10-8-13)17(23)12-20(2)18(24)15-11-14(22(26)27)5-6-16(15)28-3/h5-6,11,13H,4,7-10,12H2,1-3H3. The second kappa shape index (κ2) is 9.85. The zero-order valence-corrected chi connectivity index (χ0v) is 16.8. The SMILES string of the molecule is CCOC(=O)C1CCN(C(=O)CN(C)C(=O)c2cc([N+](=O)[O-])ccc2OC)CC1. The number of piperidine rings is 1. The highest BCUT2D eigenvalue weighted by Gasteiger charge is 2.29. The average molecular weight is 407 g/mol. The lowest BCUT2D eigenvalue weighted by Gasteiger charge is -2.32. The number of methoxy groups -OCH3 is 1. The van der Waals surface area contributed by atoms with Gasteiger partial charge in [-0.15, -0.1) is 0 Å². The minimum absolute atomic E-state index is 0.0121. The number of carbonyl (C=O) groups is 3. The van der Waals surface area contributed by atoms with Gasteiger partial charge in [-0.2, -0.15) is 0 Å². The molecule has 158 valence electrons. The summed E-state index contributed by atoms with van der Waals surface area (Å²) in [6.45, 7) is 2.70. The van der Waals surface area contributed by atoms with Crippen LogP contribution in [0.15, 0.2) is 18.2 Å². The van der Waals surface area contributed by atoms with Gasteiger partial charge in [-0.3, -0.25) is 24.5 Å². The van der Waals surface area contributed by atoms with Gasteiger partial charge in [-0.05, 0) is 25.8 Å². The van der Waals surface area contributed by atoms with Crippen LogP contribution in [-0.4, -0.2) is 72.9 Å². The number of rotatable bonds is 7. The number of hydrogen-bond acceptors (Lipinski definition) is 7. The maximum Gasteiger partial charge on any atom is 0.309 e. The van der Waals surface area contributed by atoms with Crippen LogP contribution in [0.25, 0.3) is 0 Å². The van der Waals surface area contributed by atoms with E-state index in [1.54, 1.807) is 11.8 Å². The maximum absolute atomic E-state index is 12.7. The van der Waals surface area contributed by atoms with E-state index in [1.165, 1.54) is 31.2 Å².